The largest absolute Gasteiger partial charge is 0.423 e. The van der Waals surface area contributed by atoms with E-state index < -0.39 is 5.97 Å². The molecule has 4 nitrogen and oxygen atoms in total. The van der Waals surface area contributed by atoms with Crippen molar-refractivity contribution in [3.63, 3.8) is 0 Å². The highest BCUT2D eigenvalue weighted by Crippen LogP contribution is 2.23. The van der Waals surface area contributed by atoms with E-state index in [1.807, 2.05) is 32.0 Å². The first-order valence-corrected chi connectivity index (χ1v) is 7.74. The molecule has 1 heterocycles. The maximum absolute atomic E-state index is 12.3. The van der Waals surface area contributed by atoms with Crippen molar-refractivity contribution in [2.24, 2.45) is 0 Å². The average Bonchev–Trinajstić information content (AvgIpc) is 2.97. The fraction of sp³-hybridized carbons (Fsp3) is 0.263. The molecule has 2 aromatic rings. The first-order valence-electron chi connectivity index (χ1n) is 7.74. The number of benzene rings is 2. The van der Waals surface area contributed by atoms with E-state index in [-0.39, 0.29) is 5.91 Å². The zero-order valence-corrected chi connectivity index (χ0v) is 13.3. The molecule has 1 amide bonds. The summed E-state index contributed by atoms with van der Waals surface area (Å²) in [6.45, 7) is 4.69. The molecule has 0 aromatic heterocycles. The van der Waals surface area contributed by atoms with Gasteiger partial charge in [-0.2, -0.15) is 0 Å². The molecule has 1 saturated heterocycles. The first kappa shape index (κ1) is 15.3. The van der Waals surface area contributed by atoms with Gasteiger partial charge in [0, 0.05) is 18.7 Å². The van der Waals surface area contributed by atoms with Gasteiger partial charge in [-0.15, -0.1) is 0 Å². The summed E-state index contributed by atoms with van der Waals surface area (Å²) >= 11 is 0. The van der Waals surface area contributed by atoms with Crippen LogP contribution < -0.4 is 9.64 Å². The standard InChI is InChI=1S/C19H19NO3/c1-13-8-9-17(11-14(13)2)23-19(22)15-5-3-6-16(12-15)20-10-4-7-18(20)21/h3,5-6,8-9,11-12H,4,7,10H2,1-2H3. The lowest BCUT2D eigenvalue weighted by Crippen LogP contribution is -2.24. The highest BCUT2D eigenvalue weighted by atomic mass is 16.5. The van der Waals surface area contributed by atoms with E-state index in [0.717, 1.165) is 23.2 Å². The molecule has 0 radical (unpaired) electrons. The van der Waals surface area contributed by atoms with E-state index >= 15 is 0 Å². The van der Waals surface area contributed by atoms with E-state index in [2.05, 4.69) is 0 Å². The van der Waals surface area contributed by atoms with Crippen LogP contribution >= 0.6 is 0 Å². The molecule has 1 aliphatic heterocycles. The quantitative estimate of drug-likeness (QED) is 0.642. The number of carbonyl (C=O) groups excluding carboxylic acids is 2. The van der Waals surface area contributed by atoms with Crippen LogP contribution in [0.3, 0.4) is 0 Å². The Balaban J connectivity index is 1.79. The number of aryl methyl sites for hydroxylation is 2. The summed E-state index contributed by atoms with van der Waals surface area (Å²) in [5.41, 5.74) is 3.42. The van der Waals surface area contributed by atoms with E-state index in [9.17, 15) is 9.59 Å². The van der Waals surface area contributed by atoms with Gasteiger partial charge in [0.2, 0.25) is 5.91 Å². The van der Waals surface area contributed by atoms with Gasteiger partial charge in [-0.25, -0.2) is 4.79 Å². The van der Waals surface area contributed by atoms with E-state index in [4.69, 9.17) is 4.74 Å². The van der Waals surface area contributed by atoms with Crippen molar-refractivity contribution < 1.29 is 14.3 Å². The summed E-state index contributed by atoms with van der Waals surface area (Å²) in [7, 11) is 0. The number of carbonyl (C=O) groups is 2. The van der Waals surface area contributed by atoms with Crippen molar-refractivity contribution in [2.75, 3.05) is 11.4 Å². The fourth-order valence-electron chi connectivity index (χ4n) is 2.67. The molecule has 3 rings (SSSR count). The normalized spacial score (nSPS) is 14.2. The van der Waals surface area contributed by atoms with Crippen molar-refractivity contribution in [3.05, 3.63) is 59.2 Å². The third-order valence-electron chi connectivity index (χ3n) is 4.16. The van der Waals surface area contributed by atoms with Crippen LogP contribution in [0, 0.1) is 13.8 Å². The lowest BCUT2D eigenvalue weighted by atomic mass is 10.1. The maximum atomic E-state index is 12.3. The Bertz CT molecular complexity index is 767. The molecular formula is C19H19NO3. The van der Waals surface area contributed by atoms with Crippen LogP contribution in [-0.4, -0.2) is 18.4 Å². The first-order chi connectivity index (χ1) is 11.0. The van der Waals surface area contributed by atoms with Crippen LogP contribution in [-0.2, 0) is 4.79 Å². The third-order valence-corrected chi connectivity index (χ3v) is 4.16. The molecule has 0 unspecified atom stereocenters. The number of hydrogen-bond acceptors (Lipinski definition) is 3. The van der Waals surface area contributed by atoms with Crippen LogP contribution in [0.4, 0.5) is 5.69 Å². The fourth-order valence-corrected chi connectivity index (χ4v) is 2.67. The van der Waals surface area contributed by atoms with Gasteiger partial charge < -0.3 is 9.64 Å². The number of ether oxygens (including phenoxy) is 1. The highest BCUT2D eigenvalue weighted by molar-refractivity contribution is 5.97. The van der Waals surface area contributed by atoms with Crippen LogP contribution in [0.2, 0.25) is 0 Å². The predicted molar refractivity (Wildman–Crippen MR) is 88.9 cm³/mol. The summed E-state index contributed by atoms with van der Waals surface area (Å²) < 4.78 is 5.44. The van der Waals surface area contributed by atoms with Crippen LogP contribution in [0.25, 0.3) is 0 Å². The second-order valence-electron chi connectivity index (χ2n) is 5.83. The van der Waals surface area contributed by atoms with Gasteiger partial charge >= 0.3 is 5.97 Å². The zero-order valence-electron chi connectivity index (χ0n) is 13.3. The minimum Gasteiger partial charge on any atom is -0.423 e. The molecule has 23 heavy (non-hydrogen) atoms. The second-order valence-corrected chi connectivity index (χ2v) is 5.83. The Hall–Kier alpha value is -2.62. The maximum Gasteiger partial charge on any atom is 0.343 e. The van der Waals surface area contributed by atoms with Crippen molar-refractivity contribution in [2.45, 2.75) is 26.7 Å². The van der Waals surface area contributed by atoms with Crippen LogP contribution in [0.1, 0.15) is 34.3 Å². The average molecular weight is 309 g/mol. The van der Waals surface area contributed by atoms with E-state index in [0.29, 0.717) is 24.3 Å². The number of nitrogens with zero attached hydrogens (tertiary/aromatic N) is 1. The highest BCUT2D eigenvalue weighted by Gasteiger charge is 2.22. The molecule has 2 aromatic carbocycles. The van der Waals surface area contributed by atoms with Gasteiger partial charge in [0.05, 0.1) is 5.56 Å². The predicted octanol–water partition coefficient (Wildman–Crippen LogP) is 3.65. The summed E-state index contributed by atoms with van der Waals surface area (Å²) in [5, 5.41) is 0. The number of esters is 1. The summed E-state index contributed by atoms with van der Waals surface area (Å²) in [5.74, 6) is 0.215. The summed E-state index contributed by atoms with van der Waals surface area (Å²) in [4.78, 5) is 25.9. The Morgan fingerprint density at radius 2 is 1.91 bits per heavy atom. The van der Waals surface area contributed by atoms with Gasteiger partial charge in [-0.05, 0) is 61.7 Å². The molecule has 0 saturated carbocycles. The monoisotopic (exact) mass is 309 g/mol. The SMILES string of the molecule is Cc1ccc(OC(=O)c2cccc(N3CCCC3=O)c2)cc1C. The van der Waals surface area contributed by atoms with Gasteiger partial charge in [0.15, 0.2) is 0 Å². The third kappa shape index (κ3) is 3.26. The Kier molecular flexibility index (Phi) is 4.15. The molecule has 0 aliphatic carbocycles. The van der Waals surface area contributed by atoms with Crippen molar-refractivity contribution >= 4 is 17.6 Å². The Labute approximate surface area is 135 Å². The minimum atomic E-state index is -0.415. The number of rotatable bonds is 3. The Morgan fingerprint density at radius 3 is 2.61 bits per heavy atom. The molecule has 118 valence electrons. The van der Waals surface area contributed by atoms with Crippen LogP contribution in [0.15, 0.2) is 42.5 Å². The number of anilines is 1. The van der Waals surface area contributed by atoms with Gasteiger partial charge in [-0.3, -0.25) is 4.79 Å². The molecule has 0 bridgehead atoms. The zero-order chi connectivity index (χ0) is 16.4. The van der Waals surface area contributed by atoms with Crippen molar-refractivity contribution in [1.29, 1.82) is 0 Å². The number of hydrogen-bond donors (Lipinski definition) is 0. The minimum absolute atomic E-state index is 0.102. The Morgan fingerprint density at radius 1 is 1.09 bits per heavy atom. The molecular weight excluding hydrogens is 290 g/mol. The molecule has 1 aliphatic rings. The lowest BCUT2D eigenvalue weighted by molar-refractivity contribution is -0.117. The summed E-state index contributed by atoms with van der Waals surface area (Å²) in [6, 6.07) is 12.6. The van der Waals surface area contributed by atoms with Gasteiger partial charge in [0.25, 0.3) is 0 Å². The molecule has 4 heteroatoms. The second kappa shape index (κ2) is 6.24. The summed E-state index contributed by atoms with van der Waals surface area (Å²) in [6.07, 6.45) is 1.42. The molecule has 0 atom stereocenters. The van der Waals surface area contributed by atoms with Crippen LogP contribution in [0.5, 0.6) is 5.75 Å². The molecule has 0 N–H and O–H groups in total. The lowest BCUT2D eigenvalue weighted by Gasteiger charge is -2.16. The van der Waals surface area contributed by atoms with E-state index in [1.165, 1.54) is 0 Å². The molecule has 0 spiro atoms. The van der Waals surface area contributed by atoms with E-state index in [1.54, 1.807) is 29.2 Å². The topological polar surface area (TPSA) is 46.6 Å². The van der Waals surface area contributed by atoms with Crippen molar-refractivity contribution in [1.82, 2.24) is 0 Å². The van der Waals surface area contributed by atoms with Gasteiger partial charge in [0.1, 0.15) is 5.75 Å². The smallest absolute Gasteiger partial charge is 0.343 e. The molecule has 1 fully saturated rings. The van der Waals surface area contributed by atoms with Gasteiger partial charge in [-0.1, -0.05) is 12.1 Å². The number of amides is 1. The van der Waals surface area contributed by atoms with Crippen molar-refractivity contribution in [3.8, 4) is 5.75 Å².